The van der Waals surface area contributed by atoms with E-state index in [0.29, 0.717) is 5.69 Å². The second-order valence-electron chi connectivity index (χ2n) is 5.73. The molecule has 2 aromatic carbocycles. The number of methoxy groups -OCH3 is 1. The summed E-state index contributed by atoms with van der Waals surface area (Å²) < 4.78 is 17.4. The van der Waals surface area contributed by atoms with Crippen LogP contribution in [0.25, 0.3) is 0 Å². The van der Waals surface area contributed by atoms with Crippen molar-refractivity contribution in [3.05, 3.63) is 69.5 Å². The number of hydrogen-bond acceptors (Lipinski definition) is 6. The number of carbonyl (C=O) groups is 3. The van der Waals surface area contributed by atoms with Crippen molar-refractivity contribution in [3.8, 4) is 0 Å². The molecule has 10 heteroatoms. The van der Waals surface area contributed by atoms with Crippen LogP contribution in [0.5, 0.6) is 0 Å². The summed E-state index contributed by atoms with van der Waals surface area (Å²) in [5.41, 5.74) is -0.429. The Labute approximate surface area is 158 Å². The SMILES string of the molecule is COC(=O)c1cc(C(=O)N(C)CC(=O)Nc2ccc(F)cc2)cc([N+](=O)[O-])c1. The molecule has 2 aromatic rings. The molecule has 2 rings (SSSR count). The van der Waals surface area contributed by atoms with Gasteiger partial charge in [-0.3, -0.25) is 19.7 Å². The Hall–Kier alpha value is -3.82. The van der Waals surface area contributed by atoms with Crippen LogP contribution in [0.15, 0.2) is 42.5 Å². The molecule has 0 bridgehead atoms. The van der Waals surface area contributed by atoms with E-state index in [1.54, 1.807) is 0 Å². The molecular formula is C18H16FN3O6. The van der Waals surface area contributed by atoms with Crippen LogP contribution < -0.4 is 5.32 Å². The first-order valence-electron chi connectivity index (χ1n) is 7.90. The molecule has 0 unspecified atom stereocenters. The quantitative estimate of drug-likeness (QED) is 0.460. The molecule has 1 N–H and O–H groups in total. The van der Waals surface area contributed by atoms with E-state index in [2.05, 4.69) is 10.1 Å². The topological polar surface area (TPSA) is 119 Å². The molecule has 2 amide bonds. The van der Waals surface area contributed by atoms with Gasteiger partial charge in [0, 0.05) is 30.4 Å². The Morgan fingerprint density at radius 3 is 2.32 bits per heavy atom. The first kappa shape index (κ1) is 20.5. The van der Waals surface area contributed by atoms with Crippen LogP contribution in [0.2, 0.25) is 0 Å². The van der Waals surface area contributed by atoms with E-state index in [9.17, 15) is 28.9 Å². The second kappa shape index (κ2) is 8.71. The molecule has 0 aliphatic heterocycles. The molecular weight excluding hydrogens is 373 g/mol. The van der Waals surface area contributed by atoms with Crippen LogP contribution in [-0.2, 0) is 9.53 Å². The summed E-state index contributed by atoms with van der Waals surface area (Å²) in [5.74, 6) is -2.56. The van der Waals surface area contributed by atoms with E-state index in [1.807, 2.05) is 0 Å². The normalized spacial score (nSPS) is 10.1. The fourth-order valence-electron chi connectivity index (χ4n) is 2.32. The van der Waals surface area contributed by atoms with Crippen molar-refractivity contribution in [1.82, 2.24) is 4.90 Å². The summed E-state index contributed by atoms with van der Waals surface area (Å²) in [6, 6.07) is 8.20. The van der Waals surface area contributed by atoms with Gasteiger partial charge >= 0.3 is 5.97 Å². The van der Waals surface area contributed by atoms with Crippen LogP contribution in [0.4, 0.5) is 15.8 Å². The molecule has 0 saturated heterocycles. The van der Waals surface area contributed by atoms with E-state index < -0.39 is 34.2 Å². The lowest BCUT2D eigenvalue weighted by atomic mass is 10.1. The minimum Gasteiger partial charge on any atom is -0.465 e. The van der Waals surface area contributed by atoms with Gasteiger partial charge in [-0.1, -0.05) is 0 Å². The van der Waals surface area contributed by atoms with Crippen molar-refractivity contribution in [2.75, 3.05) is 26.0 Å². The van der Waals surface area contributed by atoms with Gasteiger partial charge in [0.25, 0.3) is 11.6 Å². The van der Waals surface area contributed by atoms with Gasteiger partial charge in [0.2, 0.25) is 5.91 Å². The van der Waals surface area contributed by atoms with E-state index >= 15 is 0 Å². The molecule has 0 aliphatic rings. The number of anilines is 1. The number of benzene rings is 2. The molecule has 0 aromatic heterocycles. The van der Waals surface area contributed by atoms with E-state index in [4.69, 9.17) is 0 Å². The number of hydrogen-bond donors (Lipinski definition) is 1. The van der Waals surface area contributed by atoms with Crippen molar-refractivity contribution >= 4 is 29.2 Å². The third kappa shape index (κ3) is 5.10. The highest BCUT2D eigenvalue weighted by Gasteiger charge is 2.21. The maximum absolute atomic E-state index is 12.9. The number of nitrogens with zero attached hydrogens (tertiary/aromatic N) is 2. The predicted octanol–water partition coefficient (Wildman–Crippen LogP) is 2.23. The highest BCUT2D eigenvalue weighted by atomic mass is 19.1. The number of carbonyl (C=O) groups excluding carboxylic acids is 3. The number of rotatable bonds is 6. The predicted molar refractivity (Wildman–Crippen MR) is 96.4 cm³/mol. The van der Waals surface area contributed by atoms with Crippen molar-refractivity contribution in [1.29, 1.82) is 0 Å². The van der Waals surface area contributed by atoms with Gasteiger partial charge in [-0.15, -0.1) is 0 Å². The maximum atomic E-state index is 12.9. The Kier molecular flexibility index (Phi) is 6.38. The van der Waals surface area contributed by atoms with E-state index in [-0.39, 0.29) is 17.7 Å². The minimum atomic E-state index is -0.838. The van der Waals surface area contributed by atoms with Crippen LogP contribution in [0.3, 0.4) is 0 Å². The van der Waals surface area contributed by atoms with Crippen molar-refractivity contribution in [2.45, 2.75) is 0 Å². The fraction of sp³-hybridized carbons (Fsp3) is 0.167. The van der Waals surface area contributed by atoms with Gasteiger partial charge in [-0.2, -0.15) is 0 Å². The average molecular weight is 389 g/mol. The number of amides is 2. The monoisotopic (exact) mass is 389 g/mol. The molecule has 0 heterocycles. The van der Waals surface area contributed by atoms with Gasteiger partial charge in [-0.05, 0) is 30.3 Å². The van der Waals surface area contributed by atoms with Gasteiger partial charge in [-0.25, -0.2) is 9.18 Å². The average Bonchev–Trinajstić information content (AvgIpc) is 2.67. The summed E-state index contributed by atoms with van der Waals surface area (Å²) in [4.78, 5) is 47.6. The molecule has 0 fully saturated rings. The van der Waals surface area contributed by atoms with Crippen molar-refractivity contribution < 1.29 is 28.4 Å². The number of nitro benzene ring substituents is 1. The van der Waals surface area contributed by atoms with Crippen LogP contribution in [0, 0.1) is 15.9 Å². The first-order chi connectivity index (χ1) is 13.2. The lowest BCUT2D eigenvalue weighted by Crippen LogP contribution is -2.35. The molecule has 0 atom stereocenters. The lowest BCUT2D eigenvalue weighted by molar-refractivity contribution is -0.384. The number of nitrogens with one attached hydrogen (secondary N) is 1. The lowest BCUT2D eigenvalue weighted by Gasteiger charge is -2.17. The van der Waals surface area contributed by atoms with Gasteiger partial charge < -0.3 is 15.0 Å². The number of ether oxygens (including phenoxy) is 1. The van der Waals surface area contributed by atoms with Gasteiger partial charge in [0.1, 0.15) is 5.82 Å². The second-order valence-corrected chi connectivity index (χ2v) is 5.73. The number of likely N-dealkylation sites (N-methyl/N-ethyl adjacent to an activating group) is 1. The molecule has 9 nitrogen and oxygen atoms in total. The number of non-ortho nitro benzene ring substituents is 1. The molecule has 0 saturated carbocycles. The summed E-state index contributed by atoms with van der Waals surface area (Å²) in [6.07, 6.45) is 0. The largest absolute Gasteiger partial charge is 0.465 e. The Morgan fingerprint density at radius 1 is 1.14 bits per heavy atom. The van der Waals surface area contributed by atoms with Crippen LogP contribution in [-0.4, -0.2) is 48.3 Å². The van der Waals surface area contributed by atoms with E-state index in [0.717, 1.165) is 30.2 Å². The van der Waals surface area contributed by atoms with Crippen LogP contribution in [0.1, 0.15) is 20.7 Å². The summed E-state index contributed by atoms with van der Waals surface area (Å²) in [6.45, 7) is -0.369. The van der Waals surface area contributed by atoms with Crippen molar-refractivity contribution in [3.63, 3.8) is 0 Å². The van der Waals surface area contributed by atoms with Gasteiger partial charge in [0.15, 0.2) is 0 Å². The standard InChI is InChI=1S/C18H16FN3O6/c1-21(10-16(23)20-14-5-3-13(19)4-6-14)17(24)11-7-12(18(25)28-2)9-15(8-11)22(26)27/h3-9H,10H2,1-2H3,(H,20,23). The molecule has 0 spiro atoms. The molecule has 28 heavy (non-hydrogen) atoms. The first-order valence-corrected chi connectivity index (χ1v) is 7.90. The summed E-state index contributed by atoms with van der Waals surface area (Å²) in [7, 11) is 2.43. The smallest absolute Gasteiger partial charge is 0.338 e. The van der Waals surface area contributed by atoms with E-state index in [1.165, 1.54) is 31.3 Å². The Bertz CT molecular complexity index is 929. The fourth-order valence-corrected chi connectivity index (χ4v) is 2.32. The number of halogens is 1. The third-order valence-corrected chi connectivity index (χ3v) is 3.65. The number of esters is 1. The molecule has 146 valence electrons. The summed E-state index contributed by atoms with van der Waals surface area (Å²) >= 11 is 0. The highest BCUT2D eigenvalue weighted by Crippen LogP contribution is 2.19. The highest BCUT2D eigenvalue weighted by molar-refractivity contribution is 6.01. The van der Waals surface area contributed by atoms with Gasteiger partial charge in [0.05, 0.1) is 24.1 Å². The number of nitro groups is 1. The molecule has 0 aliphatic carbocycles. The maximum Gasteiger partial charge on any atom is 0.338 e. The minimum absolute atomic E-state index is 0.147. The molecule has 0 radical (unpaired) electrons. The zero-order valence-corrected chi connectivity index (χ0v) is 15.0. The zero-order chi connectivity index (χ0) is 20.8. The zero-order valence-electron chi connectivity index (χ0n) is 15.0. The Balaban J connectivity index is 2.16. The summed E-state index contributed by atoms with van der Waals surface area (Å²) in [5, 5.41) is 13.5. The third-order valence-electron chi connectivity index (χ3n) is 3.65. The Morgan fingerprint density at radius 2 is 1.75 bits per heavy atom. The van der Waals surface area contributed by atoms with Crippen LogP contribution >= 0.6 is 0 Å². The van der Waals surface area contributed by atoms with Crippen molar-refractivity contribution in [2.24, 2.45) is 0 Å².